The fourth-order valence-corrected chi connectivity index (χ4v) is 7.01. The van der Waals surface area contributed by atoms with E-state index in [2.05, 4.69) is 151 Å². The Hall–Kier alpha value is -5.47. The van der Waals surface area contributed by atoms with E-state index in [1.54, 1.807) is 0 Å². The third kappa shape index (κ3) is 8.13. The zero-order valence-corrected chi connectivity index (χ0v) is 31.2. The van der Waals surface area contributed by atoms with Gasteiger partial charge in [-0.2, -0.15) is 0 Å². The first-order valence-electron chi connectivity index (χ1n) is 18.7. The van der Waals surface area contributed by atoms with E-state index in [4.69, 9.17) is 5.41 Å². The monoisotopic (exact) mass is 668 g/mol. The number of rotatable bonds is 8. The second-order valence-corrected chi connectivity index (χ2v) is 12.3. The van der Waals surface area contributed by atoms with Crippen LogP contribution in [0.3, 0.4) is 0 Å². The van der Waals surface area contributed by atoms with Gasteiger partial charge < -0.3 is 9.98 Å². The van der Waals surface area contributed by atoms with Crippen molar-refractivity contribution >= 4 is 51.6 Å². The third-order valence-corrected chi connectivity index (χ3v) is 9.41. The Morgan fingerprint density at radius 1 is 0.706 bits per heavy atom. The van der Waals surface area contributed by atoms with Crippen LogP contribution in [0.2, 0.25) is 0 Å². The molecule has 0 aliphatic heterocycles. The first kappa shape index (κ1) is 36.8. The summed E-state index contributed by atoms with van der Waals surface area (Å²) in [6.45, 7) is 12.0. The van der Waals surface area contributed by atoms with Crippen molar-refractivity contribution in [2.45, 2.75) is 67.2 Å². The third-order valence-electron chi connectivity index (χ3n) is 9.41. The molecule has 2 aliphatic carbocycles. The molecule has 51 heavy (non-hydrogen) atoms. The summed E-state index contributed by atoms with van der Waals surface area (Å²) in [5.41, 5.74) is 16.1. The SMILES string of the molecule is C/C=C\C(=C/c1ccc2c3c(n(-c4ccccc4)c2c1)C=C(c1cccc(C2=CC=CCC2)c1)CC3)c1ccc(/C(C=N)=C/C)cc1.CC.CC. The molecule has 0 atom stereocenters. The molecule has 0 saturated heterocycles. The second-order valence-electron chi connectivity index (χ2n) is 12.3. The molecule has 1 N–H and O–H groups in total. The number of allylic oxidation sites excluding steroid dienone is 10. The largest absolute Gasteiger partial charge is 0.310 e. The van der Waals surface area contributed by atoms with Crippen LogP contribution in [-0.4, -0.2) is 10.8 Å². The molecule has 4 aromatic carbocycles. The van der Waals surface area contributed by atoms with Crippen LogP contribution in [0.15, 0.2) is 134 Å². The molecular formula is C49H52N2. The van der Waals surface area contributed by atoms with Crippen LogP contribution in [0, 0.1) is 5.41 Å². The summed E-state index contributed by atoms with van der Waals surface area (Å²) >= 11 is 0. The Labute approximate surface area is 306 Å². The number of para-hydroxylation sites is 1. The molecule has 1 heterocycles. The summed E-state index contributed by atoms with van der Waals surface area (Å²) in [4.78, 5) is 0. The van der Waals surface area contributed by atoms with Gasteiger partial charge in [-0.05, 0) is 132 Å². The molecule has 0 unspecified atom stereocenters. The fraction of sp³-hybridized carbons (Fsp3) is 0.204. The highest BCUT2D eigenvalue weighted by Crippen LogP contribution is 2.40. The van der Waals surface area contributed by atoms with Crippen molar-refractivity contribution in [3.63, 3.8) is 0 Å². The normalized spacial score (nSPS) is 14.2. The summed E-state index contributed by atoms with van der Waals surface area (Å²) in [6.07, 6.45) is 23.4. The maximum atomic E-state index is 7.72. The molecule has 1 aromatic heterocycles. The second kappa shape index (κ2) is 18.0. The number of fused-ring (bicyclic) bond motifs is 3. The summed E-state index contributed by atoms with van der Waals surface area (Å²) in [6, 6.07) is 35.4. The molecule has 258 valence electrons. The van der Waals surface area contributed by atoms with Gasteiger partial charge in [0.05, 0.1) is 11.2 Å². The van der Waals surface area contributed by atoms with Crippen LogP contribution in [0.4, 0.5) is 0 Å². The van der Waals surface area contributed by atoms with E-state index in [-0.39, 0.29) is 0 Å². The highest BCUT2D eigenvalue weighted by molar-refractivity contribution is 6.08. The van der Waals surface area contributed by atoms with E-state index < -0.39 is 0 Å². The van der Waals surface area contributed by atoms with Crippen molar-refractivity contribution in [3.8, 4) is 5.69 Å². The molecule has 0 spiro atoms. The fourth-order valence-electron chi connectivity index (χ4n) is 7.01. The van der Waals surface area contributed by atoms with Gasteiger partial charge in [-0.25, -0.2) is 0 Å². The van der Waals surface area contributed by atoms with E-state index in [1.165, 1.54) is 61.9 Å². The molecule has 0 amide bonds. The van der Waals surface area contributed by atoms with Crippen LogP contribution < -0.4 is 0 Å². The van der Waals surface area contributed by atoms with E-state index in [0.717, 1.165) is 48.0 Å². The average Bonchev–Trinajstić information content (AvgIpc) is 3.53. The van der Waals surface area contributed by atoms with Gasteiger partial charge >= 0.3 is 0 Å². The van der Waals surface area contributed by atoms with Crippen LogP contribution in [0.25, 0.3) is 51.0 Å². The molecule has 2 aliphatic rings. The summed E-state index contributed by atoms with van der Waals surface area (Å²) in [7, 11) is 0. The molecule has 0 fully saturated rings. The minimum atomic E-state index is 0.924. The Kier molecular flexibility index (Phi) is 13.0. The van der Waals surface area contributed by atoms with Gasteiger partial charge in [-0.15, -0.1) is 0 Å². The van der Waals surface area contributed by atoms with Crippen LogP contribution in [-0.2, 0) is 6.42 Å². The summed E-state index contributed by atoms with van der Waals surface area (Å²) in [5.74, 6) is 0. The first-order chi connectivity index (χ1) is 25.2. The quantitative estimate of drug-likeness (QED) is 0.0968. The lowest BCUT2D eigenvalue weighted by Gasteiger charge is -2.18. The van der Waals surface area contributed by atoms with Gasteiger partial charge in [0.2, 0.25) is 0 Å². The van der Waals surface area contributed by atoms with Gasteiger partial charge in [0.15, 0.2) is 0 Å². The van der Waals surface area contributed by atoms with Crippen LogP contribution >= 0.6 is 0 Å². The van der Waals surface area contributed by atoms with E-state index in [9.17, 15) is 0 Å². The van der Waals surface area contributed by atoms with E-state index in [0.29, 0.717) is 0 Å². The van der Waals surface area contributed by atoms with Crippen molar-refractivity contribution in [3.05, 3.63) is 173 Å². The van der Waals surface area contributed by atoms with E-state index >= 15 is 0 Å². The van der Waals surface area contributed by atoms with Gasteiger partial charge in [-0.3, -0.25) is 0 Å². The van der Waals surface area contributed by atoms with Crippen molar-refractivity contribution in [2.75, 3.05) is 0 Å². The maximum Gasteiger partial charge on any atom is 0.0543 e. The van der Waals surface area contributed by atoms with E-state index in [1.807, 2.05) is 40.7 Å². The Morgan fingerprint density at radius 2 is 1.41 bits per heavy atom. The molecule has 0 bridgehead atoms. The lowest BCUT2D eigenvalue weighted by Crippen LogP contribution is -2.03. The van der Waals surface area contributed by atoms with Gasteiger partial charge in [0.1, 0.15) is 0 Å². The summed E-state index contributed by atoms with van der Waals surface area (Å²) < 4.78 is 2.46. The number of aromatic nitrogens is 1. The number of hydrogen-bond acceptors (Lipinski definition) is 1. The zero-order chi connectivity index (χ0) is 36.2. The topological polar surface area (TPSA) is 28.8 Å². The van der Waals surface area contributed by atoms with Crippen molar-refractivity contribution in [2.24, 2.45) is 0 Å². The van der Waals surface area contributed by atoms with Gasteiger partial charge in [-0.1, -0.05) is 137 Å². The van der Waals surface area contributed by atoms with Crippen molar-refractivity contribution in [1.82, 2.24) is 4.57 Å². The molecule has 2 heteroatoms. The first-order valence-corrected chi connectivity index (χ1v) is 18.7. The number of benzene rings is 4. The predicted molar refractivity (Wildman–Crippen MR) is 227 cm³/mol. The molecule has 0 radical (unpaired) electrons. The number of nitrogens with zero attached hydrogens (tertiary/aromatic N) is 1. The number of aryl methyl sites for hydroxylation is 1. The van der Waals surface area contributed by atoms with Gasteiger partial charge in [0.25, 0.3) is 0 Å². The Balaban J connectivity index is 0.00000122. The lowest BCUT2D eigenvalue weighted by atomic mass is 9.88. The Morgan fingerprint density at radius 3 is 2.06 bits per heavy atom. The van der Waals surface area contributed by atoms with Gasteiger partial charge in [0, 0.05) is 17.3 Å². The Bertz CT molecular complexity index is 2140. The highest BCUT2D eigenvalue weighted by Gasteiger charge is 2.22. The molecule has 5 aromatic rings. The van der Waals surface area contributed by atoms with Crippen molar-refractivity contribution < 1.29 is 0 Å². The van der Waals surface area contributed by atoms with Crippen molar-refractivity contribution in [1.29, 1.82) is 5.41 Å². The summed E-state index contributed by atoms with van der Waals surface area (Å²) in [5, 5.41) is 9.05. The predicted octanol–water partition coefficient (Wildman–Crippen LogP) is 14.1. The molecular weight excluding hydrogens is 617 g/mol. The minimum absolute atomic E-state index is 0.924. The average molecular weight is 669 g/mol. The smallest absolute Gasteiger partial charge is 0.0543 e. The standard InChI is InChI=1S/C45H40N2.2C2H6/c1-3-12-37(36-22-20-35(21-23-36)33(4-2)31-46)27-32-19-25-42-43-26-24-40(39-16-11-15-38(29-39)34-13-7-5-8-14-34)30-45(43)47(44(42)28-32)41-17-9-6-10-18-41;2*1-2/h3-7,9-13,15-23,25,27-31,46H,8,14,24,26H2,1-2H3;2*1-2H3/b12-3-,33-4+,37-27+,46-31?;;. The van der Waals surface area contributed by atoms with Crippen LogP contribution in [0.5, 0.6) is 0 Å². The maximum absolute atomic E-state index is 7.72. The van der Waals surface area contributed by atoms with Crippen LogP contribution in [0.1, 0.15) is 99.9 Å². The highest BCUT2D eigenvalue weighted by atomic mass is 15.0. The molecule has 7 rings (SSSR count). The number of hydrogen-bond donors (Lipinski definition) is 1. The molecule has 2 nitrogen and oxygen atoms in total. The zero-order valence-electron chi connectivity index (χ0n) is 31.2. The minimum Gasteiger partial charge on any atom is -0.310 e. The lowest BCUT2D eigenvalue weighted by molar-refractivity contribution is 0.980. The number of nitrogens with one attached hydrogen (secondary N) is 1. The molecule has 0 saturated carbocycles.